The summed E-state index contributed by atoms with van der Waals surface area (Å²) in [6.45, 7) is 1.89. The Labute approximate surface area is 126 Å². The topological polar surface area (TPSA) is 110 Å². The molecule has 0 radical (unpaired) electrons. The van der Waals surface area contributed by atoms with Gasteiger partial charge in [-0.05, 0) is 37.8 Å². The molecule has 0 atom stereocenters. The Morgan fingerprint density at radius 3 is 2.81 bits per heavy atom. The number of hydrogen-bond acceptors (Lipinski definition) is 6. The van der Waals surface area contributed by atoms with E-state index in [0.717, 1.165) is 12.8 Å². The molecule has 2 rings (SSSR count). The van der Waals surface area contributed by atoms with Crippen molar-refractivity contribution in [3.63, 3.8) is 0 Å². The van der Waals surface area contributed by atoms with E-state index in [2.05, 4.69) is 20.6 Å². The Hall–Kier alpha value is -1.96. The SMILES string of the molecule is Cc1nc(Cl)nc(NCCCC(=O)NC2CC2)c1[N+](=O)[O-]. The zero-order chi connectivity index (χ0) is 15.4. The van der Waals surface area contributed by atoms with Gasteiger partial charge in [-0.15, -0.1) is 0 Å². The van der Waals surface area contributed by atoms with Crippen molar-refractivity contribution in [3.05, 3.63) is 21.1 Å². The number of aryl methyl sites for hydroxylation is 1. The maximum atomic E-state index is 11.5. The molecule has 1 aromatic heterocycles. The Bertz CT molecular complexity index is 562. The molecule has 21 heavy (non-hydrogen) atoms. The van der Waals surface area contributed by atoms with Crippen molar-refractivity contribution < 1.29 is 9.72 Å². The number of aromatic nitrogens is 2. The number of amides is 1. The number of rotatable bonds is 7. The first-order valence-corrected chi connectivity index (χ1v) is 7.07. The number of halogens is 1. The summed E-state index contributed by atoms with van der Waals surface area (Å²) in [6, 6.07) is 0.342. The average Bonchev–Trinajstić information content (AvgIpc) is 3.17. The molecule has 0 aromatic carbocycles. The van der Waals surface area contributed by atoms with Crippen LogP contribution in [0.3, 0.4) is 0 Å². The first kappa shape index (κ1) is 15.4. The van der Waals surface area contributed by atoms with Crippen LogP contribution in [0.25, 0.3) is 0 Å². The molecule has 1 fully saturated rings. The van der Waals surface area contributed by atoms with Crippen LogP contribution in [0.1, 0.15) is 31.4 Å². The average molecular weight is 314 g/mol. The number of carbonyl (C=O) groups is 1. The van der Waals surface area contributed by atoms with E-state index in [9.17, 15) is 14.9 Å². The Morgan fingerprint density at radius 2 is 2.19 bits per heavy atom. The fraction of sp³-hybridized carbons (Fsp3) is 0.583. The monoisotopic (exact) mass is 313 g/mol. The largest absolute Gasteiger partial charge is 0.364 e. The smallest absolute Gasteiger partial charge is 0.332 e. The van der Waals surface area contributed by atoms with Crippen molar-refractivity contribution in [2.45, 2.75) is 38.6 Å². The van der Waals surface area contributed by atoms with E-state index in [4.69, 9.17) is 11.6 Å². The summed E-state index contributed by atoms with van der Waals surface area (Å²) in [5.41, 5.74) is 0.0100. The highest BCUT2D eigenvalue weighted by molar-refractivity contribution is 6.28. The standard InChI is InChI=1S/C12H16ClN5O3/c1-7-10(18(20)21)11(17-12(13)15-7)14-6-2-3-9(19)16-8-4-5-8/h8H,2-6H2,1H3,(H,16,19)(H,14,15,17). The number of nitrogens with one attached hydrogen (secondary N) is 2. The van der Waals surface area contributed by atoms with Crippen LogP contribution in [-0.4, -0.2) is 33.4 Å². The zero-order valence-corrected chi connectivity index (χ0v) is 12.3. The second kappa shape index (κ2) is 6.66. The van der Waals surface area contributed by atoms with Crippen LogP contribution in [-0.2, 0) is 4.79 Å². The lowest BCUT2D eigenvalue weighted by Crippen LogP contribution is -2.25. The van der Waals surface area contributed by atoms with Gasteiger partial charge in [0, 0.05) is 19.0 Å². The van der Waals surface area contributed by atoms with E-state index in [1.54, 1.807) is 0 Å². The van der Waals surface area contributed by atoms with Gasteiger partial charge in [0.2, 0.25) is 17.0 Å². The normalized spacial score (nSPS) is 13.8. The summed E-state index contributed by atoms with van der Waals surface area (Å²) in [6.07, 6.45) is 3.02. The minimum atomic E-state index is -0.548. The number of nitro groups is 1. The maximum absolute atomic E-state index is 11.5. The second-order valence-corrected chi connectivity index (χ2v) is 5.24. The summed E-state index contributed by atoms with van der Waals surface area (Å²) in [5.74, 6) is 0.0887. The minimum Gasteiger partial charge on any atom is -0.364 e. The molecule has 1 saturated carbocycles. The van der Waals surface area contributed by atoms with Gasteiger partial charge >= 0.3 is 5.69 Å². The van der Waals surface area contributed by atoms with Crippen molar-refractivity contribution >= 4 is 29.0 Å². The third-order valence-electron chi connectivity index (χ3n) is 3.03. The lowest BCUT2D eigenvalue weighted by molar-refractivity contribution is -0.385. The highest BCUT2D eigenvalue weighted by Crippen LogP contribution is 2.26. The van der Waals surface area contributed by atoms with Crippen molar-refractivity contribution in [3.8, 4) is 0 Å². The van der Waals surface area contributed by atoms with E-state index in [1.165, 1.54) is 6.92 Å². The van der Waals surface area contributed by atoms with E-state index in [0.29, 0.717) is 25.4 Å². The molecule has 0 saturated heterocycles. The van der Waals surface area contributed by atoms with Crippen LogP contribution >= 0.6 is 11.6 Å². The van der Waals surface area contributed by atoms with Crippen molar-refractivity contribution in [1.82, 2.24) is 15.3 Å². The van der Waals surface area contributed by atoms with Crippen LogP contribution in [0.5, 0.6) is 0 Å². The van der Waals surface area contributed by atoms with Gasteiger partial charge in [0.05, 0.1) is 4.92 Å². The Balaban J connectivity index is 1.87. The Morgan fingerprint density at radius 1 is 1.48 bits per heavy atom. The van der Waals surface area contributed by atoms with Crippen molar-refractivity contribution in [1.29, 1.82) is 0 Å². The molecular formula is C12H16ClN5O3. The molecular weight excluding hydrogens is 298 g/mol. The van der Waals surface area contributed by atoms with E-state index >= 15 is 0 Å². The lowest BCUT2D eigenvalue weighted by Gasteiger charge is -2.08. The van der Waals surface area contributed by atoms with Crippen molar-refractivity contribution in [2.24, 2.45) is 0 Å². The number of anilines is 1. The molecule has 8 nitrogen and oxygen atoms in total. The zero-order valence-electron chi connectivity index (χ0n) is 11.6. The van der Waals surface area contributed by atoms with Gasteiger partial charge < -0.3 is 10.6 Å². The molecule has 1 aliphatic carbocycles. The fourth-order valence-corrected chi connectivity index (χ4v) is 2.07. The molecule has 1 aromatic rings. The molecule has 1 amide bonds. The van der Waals surface area contributed by atoms with Gasteiger partial charge in [-0.3, -0.25) is 14.9 Å². The third kappa shape index (κ3) is 4.52. The second-order valence-electron chi connectivity index (χ2n) is 4.90. The Kier molecular flexibility index (Phi) is 4.89. The van der Waals surface area contributed by atoms with Gasteiger partial charge in [-0.1, -0.05) is 0 Å². The summed E-state index contributed by atoms with van der Waals surface area (Å²) in [7, 11) is 0. The molecule has 114 valence electrons. The van der Waals surface area contributed by atoms with E-state index in [-0.39, 0.29) is 28.4 Å². The maximum Gasteiger partial charge on any atom is 0.332 e. The molecule has 0 unspecified atom stereocenters. The van der Waals surface area contributed by atoms with Gasteiger partial charge in [0.1, 0.15) is 5.69 Å². The molecule has 9 heteroatoms. The number of carbonyl (C=O) groups excluding carboxylic acids is 1. The molecule has 1 aliphatic rings. The van der Waals surface area contributed by atoms with Crippen LogP contribution < -0.4 is 10.6 Å². The quantitative estimate of drug-likeness (QED) is 0.344. The van der Waals surface area contributed by atoms with Gasteiger partial charge in [-0.2, -0.15) is 4.98 Å². The molecule has 0 spiro atoms. The first-order chi connectivity index (χ1) is 9.97. The predicted octanol–water partition coefficient (Wildman–Crippen LogP) is 1.82. The molecule has 0 aliphatic heterocycles. The number of hydrogen-bond donors (Lipinski definition) is 2. The molecule has 1 heterocycles. The summed E-state index contributed by atoms with van der Waals surface area (Å²) < 4.78 is 0. The van der Waals surface area contributed by atoms with Crippen molar-refractivity contribution in [2.75, 3.05) is 11.9 Å². The van der Waals surface area contributed by atoms with Crippen LogP contribution in [0.4, 0.5) is 11.5 Å². The molecule has 2 N–H and O–H groups in total. The predicted molar refractivity (Wildman–Crippen MR) is 77.3 cm³/mol. The summed E-state index contributed by atoms with van der Waals surface area (Å²) >= 11 is 5.71. The minimum absolute atomic E-state index is 0.00528. The molecule has 0 bridgehead atoms. The van der Waals surface area contributed by atoms with Gasteiger partial charge in [-0.25, -0.2) is 4.98 Å². The van der Waals surface area contributed by atoms with Crippen LogP contribution in [0.2, 0.25) is 5.28 Å². The fourth-order valence-electron chi connectivity index (χ4n) is 1.86. The van der Waals surface area contributed by atoms with Crippen LogP contribution in [0.15, 0.2) is 0 Å². The van der Waals surface area contributed by atoms with Crippen LogP contribution in [0, 0.1) is 17.0 Å². The van der Waals surface area contributed by atoms with Gasteiger partial charge in [0.25, 0.3) is 0 Å². The number of nitrogens with zero attached hydrogens (tertiary/aromatic N) is 3. The third-order valence-corrected chi connectivity index (χ3v) is 3.20. The summed E-state index contributed by atoms with van der Waals surface area (Å²) in [5, 5.41) is 16.7. The van der Waals surface area contributed by atoms with E-state index in [1.807, 2.05) is 0 Å². The highest BCUT2D eigenvalue weighted by Gasteiger charge is 2.23. The lowest BCUT2D eigenvalue weighted by atomic mass is 10.3. The van der Waals surface area contributed by atoms with E-state index < -0.39 is 4.92 Å². The first-order valence-electron chi connectivity index (χ1n) is 6.69. The highest BCUT2D eigenvalue weighted by atomic mass is 35.5. The summed E-state index contributed by atoms with van der Waals surface area (Å²) in [4.78, 5) is 29.5. The van der Waals surface area contributed by atoms with Gasteiger partial charge in [0.15, 0.2) is 0 Å².